The first-order chi connectivity index (χ1) is 22.4. The lowest BCUT2D eigenvalue weighted by Crippen LogP contribution is -2.38. The summed E-state index contributed by atoms with van der Waals surface area (Å²) in [5, 5.41) is 0. The van der Waals surface area contributed by atoms with E-state index in [1.165, 1.54) is 62.5 Å². The highest BCUT2D eigenvalue weighted by molar-refractivity contribution is 5.59. The second-order valence-corrected chi connectivity index (χ2v) is 17.0. The van der Waals surface area contributed by atoms with Crippen molar-refractivity contribution in [2.24, 2.45) is 52.8 Å². The highest BCUT2D eigenvalue weighted by atomic mass is 14.5. The van der Waals surface area contributed by atoms with E-state index in [9.17, 15) is 0 Å². The molecule has 0 radical (unpaired) electrons. The Balaban J connectivity index is 0.940. The summed E-state index contributed by atoms with van der Waals surface area (Å²) in [6, 6.07) is 0. The molecule has 10 rings (SSSR count). The third-order valence-electron chi connectivity index (χ3n) is 13.6. The molecule has 0 saturated carbocycles. The van der Waals surface area contributed by atoms with Crippen molar-refractivity contribution in [2.75, 3.05) is 0 Å². The summed E-state index contributed by atoms with van der Waals surface area (Å²) in [6.07, 6.45) is 48.2. The molecule has 0 heterocycles. The van der Waals surface area contributed by atoms with Gasteiger partial charge in [0.1, 0.15) is 0 Å². The zero-order valence-electron chi connectivity index (χ0n) is 27.9. The fourth-order valence-electron chi connectivity index (χ4n) is 11.3. The lowest BCUT2D eigenvalue weighted by Gasteiger charge is -2.47. The van der Waals surface area contributed by atoms with Gasteiger partial charge in [-0.2, -0.15) is 0 Å². The number of allylic oxidation sites excluding steroid dienone is 26. The van der Waals surface area contributed by atoms with Crippen LogP contribution in [0.3, 0.4) is 0 Å². The minimum Gasteiger partial charge on any atom is -0.0836 e. The molecular weight excluding hydrogens is 553 g/mol. The smallest absolute Gasteiger partial charge is 0.00988 e. The van der Waals surface area contributed by atoms with E-state index >= 15 is 0 Å². The Hall–Kier alpha value is -3.38. The van der Waals surface area contributed by atoms with Crippen molar-refractivity contribution in [3.05, 3.63) is 152 Å². The molecule has 0 aromatic carbocycles. The minimum absolute atomic E-state index is 0.185. The van der Waals surface area contributed by atoms with Gasteiger partial charge in [0.15, 0.2) is 0 Å². The van der Waals surface area contributed by atoms with Crippen molar-refractivity contribution in [2.45, 2.75) is 72.1 Å². The van der Waals surface area contributed by atoms with Crippen LogP contribution in [0, 0.1) is 52.8 Å². The second-order valence-electron chi connectivity index (χ2n) is 17.0. The monoisotopic (exact) mass is 600 g/mol. The molecule has 8 atom stereocenters. The number of rotatable bonds is 2. The Kier molecular flexibility index (Phi) is 6.06. The van der Waals surface area contributed by atoms with Crippen LogP contribution in [0.4, 0.5) is 0 Å². The average molecular weight is 601 g/mol. The Morgan fingerprint density at radius 1 is 0.674 bits per heavy atom. The molecule has 0 aliphatic heterocycles. The molecule has 0 heteroatoms. The van der Waals surface area contributed by atoms with Crippen LogP contribution in [0.15, 0.2) is 152 Å². The lowest BCUT2D eigenvalue weighted by atomic mass is 9.56. The van der Waals surface area contributed by atoms with Gasteiger partial charge in [-0.1, -0.05) is 112 Å². The van der Waals surface area contributed by atoms with Crippen molar-refractivity contribution < 1.29 is 0 Å². The summed E-state index contributed by atoms with van der Waals surface area (Å²) in [5.74, 6) is 4.88. The van der Waals surface area contributed by atoms with Crippen molar-refractivity contribution >= 4 is 0 Å². The van der Waals surface area contributed by atoms with Crippen molar-refractivity contribution in [1.29, 1.82) is 0 Å². The van der Waals surface area contributed by atoms with Crippen LogP contribution in [-0.4, -0.2) is 0 Å². The predicted octanol–water partition coefficient (Wildman–Crippen LogP) is 11.5. The Morgan fingerprint density at radius 3 is 2.43 bits per heavy atom. The van der Waals surface area contributed by atoms with Crippen LogP contribution in [-0.2, 0) is 0 Å². The van der Waals surface area contributed by atoms with Gasteiger partial charge in [-0.25, -0.2) is 0 Å². The first-order valence-electron chi connectivity index (χ1n) is 18.5. The van der Waals surface area contributed by atoms with E-state index in [4.69, 9.17) is 0 Å². The van der Waals surface area contributed by atoms with Crippen LogP contribution < -0.4 is 0 Å². The van der Waals surface area contributed by atoms with E-state index in [0.29, 0.717) is 41.4 Å². The molecule has 8 unspecified atom stereocenters. The van der Waals surface area contributed by atoms with E-state index in [0.717, 1.165) is 5.92 Å². The molecule has 10 aliphatic carbocycles. The molecule has 0 aromatic rings. The topological polar surface area (TPSA) is 0 Å². The molecule has 46 heavy (non-hydrogen) atoms. The van der Waals surface area contributed by atoms with Crippen molar-refractivity contribution in [3.63, 3.8) is 0 Å². The second kappa shape index (κ2) is 10.1. The van der Waals surface area contributed by atoms with Crippen LogP contribution in [0.2, 0.25) is 0 Å². The molecule has 0 nitrogen and oxygen atoms in total. The quantitative estimate of drug-likeness (QED) is 0.296. The predicted molar refractivity (Wildman–Crippen MR) is 192 cm³/mol. The summed E-state index contributed by atoms with van der Waals surface area (Å²) in [5.41, 5.74) is 18.1. The number of hydrogen-bond donors (Lipinski definition) is 0. The highest BCUT2D eigenvalue weighted by Crippen LogP contribution is 2.57. The van der Waals surface area contributed by atoms with Gasteiger partial charge >= 0.3 is 0 Å². The van der Waals surface area contributed by atoms with E-state index in [1.54, 1.807) is 50.2 Å². The van der Waals surface area contributed by atoms with Gasteiger partial charge in [0.25, 0.3) is 0 Å². The fourth-order valence-corrected chi connectivity index (χ4v) is 11.3. The van der Waals surface area contributed by atoms with Crippen molar-refractivity contribution in [1.82, 2.24) is 0 Å². The first kappa shape index (κ1) is 27.7. The van der Waals surface area contributed by atoms with E-state index in [-0.39, 0.29) is 5.41 Å². The fraction of sp³-hybridized carbons (Fsp3) is 0.435. The summed E-state index contributed by atoms with van der Waals surface area (Å²) in [7, 11) is 0. The molecule has 0 spiro atoms. The first-order valence-corrected chi connectivity index (χ1v) is 18.5. The highest BCUT2D eigenvalue weighted by Gasteiger charge is 2.46. The zero-order chi connectivity index (χ0) is 30.7. The summed E-state index contributed by atoms with van der Waals surface area (Å²) in [4.78, 5) is 0. The number of hydrogen-bond acceptors (Lipinski definition) is 0. The van der Waals surface area contributed by atoms with Crippen molar-refractivity contribution in [3.8, 4) is 0 Å². The lowest BCUT2D eigenvalue weighted by molar-refractivity contribution is 0.309. The van der Waals surface area contributed by atoms with E-state index in [1.807, 2.05) is 0 Å². The van der Waals surface area contributed by atoms with Gasteiger partial charge in [0.05, 0.1) is 0 Å². The molecule has 232 valence electrons. The normalized spacial score (nSPS) is 38.0. The third kappa shape index (κ3) is 4.11. The molecule has 0 amide bonds. The van der Waals surface area contributed by atoms with Gasteiger partial charge in [-0.3, -0.25) is 0 Å². The zero-order valence-corrected chi connectivity index (χ0v) is 27.9. The summed E-state index contributed by atoms with van der Waals surface area (Å²) >= 11 is 0. The molecule has 0 saturated heterocycles. The molecule has 0 aromatic heterocycles. The van der Waals surface area contributed by atoms with E-state index in [2.05, 4.69) is 112 Å². The molecule has 0 bridgehead atoms. The van der Waals surface area contributed by atoms with Crippen LogP contribution in [0.25, 0.3) is 0 Å². The molecule has 0 N–H and O–H groups in total. The van der Waals surface area contributed by atoms with E-state index < -0.39 is 0 Å². The van der Waals surface area contributed by atoms with Crippen LogP contribution in [0.5, 0.6) is 0 Å². The van der Waals surface area contributed by atoms with Gasteiger partial charge in [0, 0.05) is 23.7 Å². The summed E-state index contributed by atoms with van der Waals surface area (Å²) < 4.78 is 0. The van der Waals surface area contributed by atoms with Gasteiger partial charge in [-0.05, 0) is 142 Å². The van der Waals surface area contributed by atoms with Gasteiger partial charge in [-0.15, -0.1) is 0 Å². The maximum absolute atomic E-state index is 2.66. The largest absolute Gasteiger partial charge is 0.0836 e. The molecule has 0 fully saturated rings. The Morgan fingerprint density at radius 2 is 1.52 bits per heavy atom. The Bertz CT molecular complexity index is 1840. The summed E-state index contributed by atoms with van der Waals surface area (Å²) in [6.45, 7) is 7.07. The minimum atomic E-state index is 0.185. The molecule has 10 aliphatic rings. The van der Waals surface area contributed by atoms with Crippen LogP contribution >= 0.6 is 0 Å². The SMILES string of the molecule is CC(C)(C)C1=CC2C=CC3=CC=C(C4=CC5=C(C=CC(C6C=CC7=C8C9=C(C=CCC9CC7)CCC86)C5)CC4)C4C=CC(=C1)C2C34. The maximum Gasteiger partial charge on any atom is 0.00988 e. The third-order valence-corrected chi connectivity index (χ3v) is 13.6. The standard InChI is InChI=1S/C46H48/c1-46(2,3)37-25-34-14-11-31-16-20-39(41-22-18-35(26-37)43(34)45(31)41)33-13-8-27-7-12-32(23-36(27)24-33)38-19-15-30-10-9-28-5-4-6-29-17-21-40(38)44(30)42(28)29/h4,6-7,11-12,14-16,18-20,22,24-26,28,32,34,38,40-41,43,45H,5,8-10,13,17,21,23H2,1-3H3. The molecular formula is C46H48. The van der Waals surface area contributed by atoms with Gasteiger partial charge < -0.3 is 0 Å². The maximum atomic E-state index is 2.66. The average Bonchev–Trinajstić information content (AvgIpc) is 3.08. The van der Waals surface area contributed by atoms with Crippen LogP contribution in [0.1, 0.15) is 72.1 Å². The van der Waals surface area contributed by atoms with Gasteiger partial charge in [0.2, 0.25) is 0 Å². The Labute approximate surface area is 276 Å².